The summed E-state index contributed by atoms with van der Waals surface area (Å²) in [5.41, 5.74) is 5.45. The molecule has 1 aliphatic rings. The topological polar surface area (TPSA) is 72.2 Å². The van der Waals surface area contributed by atoms with Crippen LogP contribution in [0.5, 0.6) is 0 Å². The van der Waals surface area contributed by atoms with Gasteiger partial charge in [0.25, 0.3) is 0 Å². The van der Waals surface area contributed by atoms with Crippen LogP contribution in [0.15, 0.2) is 23.1 Å². The zero-order valence-electron chi connectivity index (χ0n) is 11.2. The zero-order valence-corrected chi connectivity index (χ0v) is 12.1. The highest BCUT2D eigenvalue weighted by Crippen LogP contribution is 2.44. The Morgan fingerprint density at radius 3 is 2.75 bits per heavy atom. The van der Waals surface area contributed by atoms with Crippen LogP contribution in [0.2, 0.25) is 0 Å². The standard InChI is InChI=1S/C14H17FN2O2S/c1-14(6-7-14)10-17-20(18,19)13-5-4-12(15)9-11(13)3-2-8-16/h4-5,9,17H,6-8,10,16H2,1H3. The van der Waals surface area contributed by atoms with Crippen LogP contribution in [0, 0.1) is 23.1 Å². The minimum atomic E-state index is -3.69. The predicted molar refractivity (Wildman–Crippen MR) is 74.9 cm³/mol. The van der Waals surface area contributed by atoms with Crippen molar-refractivity contribution in [2.75, 3.05) is 13.1 Å². The Labute approximate surface area is 118 Å². The number of rotatable bonds is 4. The molecule has 3 N–H and O–H groups in total. The fourth-order valence-corrected chi connectivity index (χ4v) is 3.06. The molecule has 6 heteroatoms. The fraction of sp³-hybridized carbons (Fsp3) is 0.429. The van der Waals surface area contributed by atoms with Gasteiger partial charge in [-0.1, -0.05) is 18.8 Å². The number of nitrogens with two attached hydrogens (primary N) is 1. The normalized spacial score (nSPS) is 16.4. The summed E-state index contributed by atoms with van der Waals surface area (Å²) in [6.45, 7) is 2.49. The Hall–Kier alpha value is -1.42. The van der Waals surface area contributed by atoms with Gasteiger partial charge in [-0.15, -0.1) is 0 Å². The van der Waals surface area contributed by atoms with Gasteiger partial charge in [0.05, 0.1) is 11.4 Å². The molecule has 0 radical (unpaired) electrons. The van der Waals surface area contributed by atoms with Crippen LogP contribution < -0.4 is 10.5 Å². The Bertz CT molecular complexity index is 670. The summed E-state index contributed by atoms with van der Waals surface area (Å²) in [4.78, 5) is -0.0101. The van der Waals surface area contributed by atoms with E-state index in [1.165, 1.54) is 6.07 Å². The molecule has 0 heterocycles. The highest BCUT2D eigenvalue weighted by atomic mass is 32.2. The Morgan fingerprint density at radius 2 is 2.15 bits per heavy atom. The lowest BCUT2D eigenvalue weighted by atomic mass is 10.2. The van der Waals surface area contributed by atoms with Crippen molar-refractivity contribution in [1.82, 2.24) is 4.72 Å². The van der Waals surface area contributed by atoms with Gasteiger partial charge < -0.3 is 5.73 Å². The first-order chi connectivity index (χ1) is 9.36. The molecule has 0 aliphatic heterocycles. The quantitative estimate of drug-likeness (QED) is 0.821. The highest BCUT2D eigenvalue weighted by Gasteiger charge is 2.38. The Kier molecular flexibility index (Phi) is 4.14. The summed E-state index contributed by atoms with van der Waals surface area (Å²) in [6, 6.07) is 3.45. The lowest BCUT2D eigenvalue weighted by molar-refractivity contribution is 0.530. The molecule has 0 spiro atoms. The second kappa shape index (κ2) is 5.52. The lowest BCUT2D eigenvalue weighted by Crippen LogP contribution is -2.29. The minimum Gasteiger partial charge on any atom is -0.320 e. The van der Waals surface area contributed by atoms with E-state index >= 15 is 0 Å². The molecule has 4 nitrogen and oxygen atoms in total. The first-order valence-corrected chi connectivity index (χ1v) is 7.83. The minimum absolute atomic E-state index is 0.0101. The number of hydrogen-bond acceptors (Lipinski definition) is 3. The third-order valence-electron chi connectivity index (χ3n) is 3.35. The lowest BCUT2D eigenvalue weighted by Gasteiger charge is -2.12. The molecular weight excluding hydrogens is 279 g/mol. The Balaban J connectivity index is 2.30. The second-order valence-corrected chi connectivity index (χ2v) is 7.02. The van der Waals surface area contributed by atoms with E-state index in [2.05, 4.69) is 16.6 Å². The van der Waals surface area contributed by atoms with Gasteiger partial charge in [0.1, 0.15) is 5.82 Å². The summed E-state index contributed by atoms with van der Waals surface area (Å²) in [5.74, 6) is 4.62. The van der Waals surface area contributed by atoms with Crippen molar-refractivity contribution >= 4 is 10.0 Å². The van der Waals surface area contributed by atoms with Gasteiger partial charge in [-0.3, -0.25) is 0 Å². The number of sulfonamides is 1. The summed E-state index contributed by atoms with van der Waals surface area (Å²) in [7, 11) is -3.69. The van der Waals surface area contributed by atoms with Crippen molar-refractivity contribution < 1.29 is 12.8 Å². The van der Waals surface area contributed by atoms with E-state index in [1.54, 1.807) is 0 Å². The summed E-state index contributed by atoms with van der Waals surface area (Å²) >= 11 is 0. The maximum atomic E-state index is 13.2. The van der Waals surface area contributed by atoms with Crippen molar-refractivity contribution in [2.24, 2.45) is 11.1 Å². The molecule has 0 aromatic heterocycles. The number of hydrogen-bond donors (Lipinski definition) is 2. The summed E-state index contributed by atoms with van der Waals surface area (Å²) < 4.78 is 40.3. The second-order valence-electron chi connectivity index (χ2n) is 5.28. The third kappa shape index (κ3) is 3.57. The molecule has 0 atom stereocenters. The largest absolute Gasteiger partial charge is 0.320 e. The Morgan fingerprint density at radius 1 is 1.45 bits per heavy atom. The molecule has 1 aliphatic carbocycles. The first-order valence-electron chi connectivity index (χ1n) is 6.34. The smallest absolute Gasteiger partial charge is 0.241 e. The highest BCUT2D eigenvalue weighted by molar-refractivity contribution is 7.89. The van der Waals surface area contributed by atoms with Crippen LogP contribution in [0.1, 0.15) is 25.3 Å². The van der Waals surface area contributed by atoms with Gasteiger partial charge in [0.15, 0.2) is 0 Å². The van der Waals surface area contributed by atoms with Crippen LogP contribution in [-0.4, -0.2) is 21.5 Å². The van der Waals surface area contributed by atoms with E-state index in [1.807, 2.05) is 6.92 Å². The molecule has 0 bridgehead atoms. The number of halogens is 1. The van der Waals surface area contributed by atoms with E-state index in [0.29, 0.717) is 6.54 Å². The molecular formula is C14H17FN2O2S. The average molecular weight is 296 g/mol. The van der Waals surface area contributed by atoms with E-state index in [4.69, 9.17) is 5.73 Å². The molecule has 20 heavy (non-hydrogen) atoms. The number of benzene rings is 1. The van der Waals surface area contributed by atoms with Crippen molar-refractivity contribution in [3.05, 3.63) is 29.6 Å². The van der Waals surface area contributed by atoms with E-state index in [-0.39, 0.29) is 22.4 Å². The monoisotopic (exact) mass is 296 g/mol. The molecule has 1 saturated carbocycles. The van der Waals surface area contributed by atoms with Gasteiger partial charge >= 0.3 is 0 Å². The van der Waals surface area contributed by atoms with Crippen LogP contribution >= 0.6 is 0 Å². The summed E-state index contributed by atoms with van der Waals surface area (Å²) in [6.07, 6.45) is 2.03. The molecule has 1 fully saturated rings. The van der Waals surface area contributed by atoms with Gasteiger partial charge in [0, 0.05) is 12.1 Å². The fourth-order valence-electron chi connectivity index (χ4n) is 1.72. The van der Waals surface area contributed by atoms with Crippen molar-refractivity contribution in [1.29, 1.82) is 0 Å². The maximum absolute atomic E-state index is 13.2. The van der Waals surface area contributed by atoms with Crippen LogP contribution in [0.25, 0.3) is 0 Å². The summed E-state index contributed by atoms with van der Waals surface area (Å²) in [5, 5.41) is 0. The first kappa shape index (κ1) is 15.0. The zero-order chi connectivity index (χ0) is 14.8. The van der Waals surface area contributed by atoms with Gasteiger partial charge in [-0.25, -0.2) is 17.5 Å². The predicted octanol–water partition coefficient (Wildman–Crippen LogP) is 1.21. The van der Waals surface area contributed by atoms with Gasteiger partial charge in [0.2, 0.25) is 10.0 Å². The maximum Gasteiger partial charge on any atom is 0.241 e. The molecule has 0 amide bonds. The van der Waals surface area contributed by atoms with Crippen LogP contribution in [-0.2, 0) is 10.0 Å². The molecule has 1 aromatic rings. The van der Waals surface area contributed by atoms with Crippen molar-refractivity contribution in [3.63, 3.8) is 0 Å². The molecule has 108 valence electrons. The van der Waals surface area contributed by atoms with Crippen LogP contribution in [0.3, 0.4) is 0 Å². The molecule has 1 aromatic carbocycles. The van der Waals surface area contributed by atoms with E-state index < -0.39 is 15.8 Å². The van der Waals surface area contributed by atoms with Gasteiger partial charge in [-0.05, 0) is 36.5 Å². The van der Waals surface area contributed by atoms with Crippen molar-refractivity contribution in [2.45, 2.75) is 24.7 Å². The SMILES string of the molecule is CC1(CNS(=O)(=O)c2ccc(F)cc2C#CCN)CC1. The van der Waals surface area contributed by atoms with E-state index in [9.17, 15) is 12.8 Å². The number of nitrogens with one attached hydrogen (secondary N) is 1. The molecule has 0 unspecified atom stereocenters. The van der Waals surface area contributed by atoms with Crippen molar-refractivity contribution in [3.8, 4) is 11.8 Å². The average Bonchev–Trinajstić information content (AvgIpc) is 3.13. The van der Waals surface area contributed by atoms with Crippen LogP contribution in [0.4, 0.5) is 4.39 Å². The van der Waals surface area contributed by atoms with E-state index in [0.717, 1.165) is 25.0 Å². The van der Waals surface area contributed by atoms with Gasteiger partial charge in [-0.2, -0.15) is 0 Å². The third-order valence-corrected chi connectivity index (χ3v) is 4.81. The molecule has 2 rings (SSSR count). The molecule has 0 saturated heterocycles.